The van der Waals surface area contributed by atoms with E-state index in [2.05, 4.69) is 60.2 Å². The molecule has 0 aliphatic carbocycles. The predicted octanol–water partition coefficient (Wildman–Crippen LogP) is 4.90. The van der Waals surface area contributed by atoms with Gasteiger partial charge in [0, 0.05) is 0 Å². The number of benzene rings is 2. The van der Waals surface area contributed by atoms with Crippen molar-refractivity contribution in [1.29, 1.82) is 0 Å². The van der Waals surface area contributed by atoms with Gasteiger partial charge < -0.3 is 5.32 Å². The van der Waals surface area contributed by atoms with Gasteiger partial charge in [-0.3, -0.25) is 0 Å². The minimum absolute atomic E-state index is 0.0156. The van der Waals surface area contributed by atoms with E-state index in [1.54, 1.807) is 12.1 Å². The average molecular weight is 336 g/mol. The van der Waals surface area contributed by atoms with Gasteiger partial charge in [-0.05, 0) is 70.7 Å². The highest BCUT2D eigenvalue weighted by atomic mass is 79.9. The van der Waals surface area contributed by atoms with Gasteiger partial charge in [0.2, 0.25) is 0 Å². The van der Waals surface area contributed by atoms with Crippen LogP contribution < -0.4 is 5.32 Å². The lowest BCUT2D eigenvalue weighted by molar-refractivity contribution is 0.599. The summed E-state index contributed by atoms with van der Waals surface area (Å²) in [5.74, 6) is -0.228. The molecular formula is C17H19BrFN. The first-order valence-electron chi connectivity index (χ1n) is 6.78. The minimum Gasteiger partial charge on any atom is -0.307 e. The summed E-state index contributed by atoms with van der Waals surface area (Å²) in [7, 11) is 0. The summed E-state index contributed by atoms with van der Waals surface area (Å²) in [5, 5.41) is 3.43. The standard InChI is InChI=1S/C17H19BrFN/c1-4-20-17(13-6-5-11(2)12(3)9-13)14-7-8-15(18)16(19)10-14/h5-10,17,20H,4H2,1-3H3. The summed E-state index contributed by atoms with van der Waals surface area (Å²) in [5.41, 5.74) is 4.63. The molecule has 20 heavy (non-hydrogen) atoms. The molecule has 1 nitrogen and oxygen atoms in total. The van der Waals surface area contributed by atoms with Crippen molar-refractivity contribution in [2.45, 2.75) is 26.8 Å². The summed E-state index contributed by atoms with van der Waals surface area (Å²) < 4.78 is 14.3. The van der Waals surface area contributed by atoms with E-state index in [9.17, 15) is 4.39 Å². The van der Waals surface area contributed by atoms with Crippen molar-refractivity contribution in [1.82, 2.24) is 5.32 Å². The first kappa shape index (κ1) is 15.2. The molecule has 0 aliphatic rings. The largest absolute Gasteiger partial charge is 0.307 e. The summed E-state index contributed by atoms with van der Waals surface area (Å²) in [4.78, 5) is 0. The molecule has 1 unspecified atom stereocenters. The third-order valence-electron chi connectivity index (χ3n) is 3.55. The Kier molecular flexibility index (Phi) is 4.95. The molecule has 1 N–H and O–H groups in total. The minimum atomic E-state index is -0.228. The van der Waals surface area contributed by atoms with Gasteiger partial charge in [0.05, 0.1) is 10.5 Å². The molecule has 2 aromatic rings. The fraction of sp³-hybridized carbons (Fsp3) is 0.294. The molecule has 0 saturated carbocycles. The van der Waals surface area contributed by atoms with E-state index in [1.807, 2.05) is 6.07 Å². The fourth-order valence-electron chi connectivity index (χ4n) is 2.27. The first-order chi connectivity index (χ1) is 9.52. The number of nitrogens with one attached hydrogen (secondary N) is 1. The van der Waals surface area contributed by atoms with Crippen LogP contribution in [0.15, 0.2) is 40.9 Å². The highest BCUT2D eigenvalue weighted by Gasteiger charge is 2.15. The number of rotatable bonds is 4. The topological polar surface area (TPSA) is 12.0 Å². The molecule has 0 bridgehead atoms. The van der Waals surface area contributed by atoms with Crippen LogP contribution in [0.25, 0.3) is 0 Å². The fourth-order valence-corrected chi connectivity index (χ4v) is 2.52. The highest BCUT2D eigenvalue weighted by Crippen LogP contribution is 2.27. The molecule has 0 heterocycles. The molecular weight excluding hydrogens is 317 g/mol. The number of hydrogen-bond acceptors (Lipinski definition) is 1. The van der Waals surface area contributed by atoms with E-state index < -0.39 is 0 Å². The van der Waals surface area contributed by atoms with E-state index in [4.69, 9.17) is 0 Å². The van der Waals surface area contributed by atoms with Gasteiger partial charge in [-0.2, -0.15) is 0 Å². The van der Waals surface area contributed by atoms with Crippen molar-refractivity contribution in [3.8, 4) is 0 Å². The van der Waals surface area contributed by atoms with Gasteiger partial charge in [0.15, 0.2) is 0 Å². The third kappa shape index (κ3) is 3.28. The second-order valence-electron chi connectivity index (χ2n) is 5.01. The van der Waals surface area contributed by atoms with E-state index in [0.717, 1.165) is 17.7 Å². The van der Waals surface area contributed by atoms with Crippen LogP contribution in [0.1, 0.15) is 35.2 Å². The van der Waals surface area contributed by atoms with Gasteiger partial charge in [0.25, 0.3) is 0 Å². The van der Waals surface area contributed by atoms with Crippen LogP contribution in [-0.2, 0) is 0 Å². The summed E-state index contributed by atoms with van der Waals surface area (Å²) >= 11 is 3.20. The van der Waals surface area contributed by atoms with Crippen LogP contribution in [0.2, 0.25) is 0 Å². The number of aryl methyl sites for hydroxylation is 2. The Hall–Kier alpha value is -1.19. The second kappa shape index (κ2) is 6.51. The number of halogens is 2. The Balaban J connectivity index is 2.44. The molecule has 0 aromatic heterocycles. The van der Waals surface area contributed by atoms with Crippen molar-refractivity contribution in [3.05, 3.63) is 68.9 Å². The zero-order chi connectivity index (χ0) is 14.7. The van der Waals surface area contributed by atoms with Gasteiger partial charge >= 0.3 is 0 Å². The smallest absolute Gasteiger partial charge is 0.137 e. The van der Waals surface area contributed by atoms with Crippen LogP contribution in [-0.4, -0.2) is 6.54 Å². The zero-order valence-electron chi connectivity index (χ0n) is 12.0. The van der Waals surface area contributed by atoms with Crippen LogP contribution in [0.5, 0.6) is 0 Å². The van der Waals surface area contributed by atoms with Gasteiger partial charge in [-0.1, -0.05) is 31.2 Å². The molecule has 1 atom stereocenters. The molecule has 0 fully saturated rings. The maximum Gasteiger partial charge on any atom is 0.137 e. The van der Waals surface area contributed by atoms with E-state index in [0.29, 0.717) is 4.47 Å². The molecule has 2 aromatic carbocycles. The number of hydrogen-bond donors (Lipinski definition) is 1. The average Bonchev–Trinajstić information content (AvgIpc) is 2.43. The van der Waals surface area contributed by atoms with Crippen LogP contribution in [0, 0.1) is 19.7 Å². The summed E-state index contributed by atoms with van der Waals surface area (Å²) in [6, 6.07) is 11.7. The van der Waals surface area contributed by atoms with Gasteiger partial charge in [0.1, 0.15) is 5.82 Å². The maximum absolute atomic E-state index is 13.8. The lowest BCUT2D eigenvalue weighted by atomic mass is 9.95. The van der Waals surface area contributed by atoms with Crippen LogP contribution in [0.3, 0.4) is 0 Å². The van der Waals surface area contributed by atoms with Crippen molar-refractivity contribution >= 4 is 15.9 Å². The monoisotopic (exact) mass is 335 g/mol. The third-order valence-corrected chi connectivity index (χ3v) is 4.19. The molecule has 0 saturated heterocycles. The van der Waals surface area contributed by atoms with Gasteiger partial charge in [-0.15, -0.1) is 0 Å². The summed E-state index contributed by atoms with van der Waals surface area (Å²) in [6.45, 7) is 7.09. The van der Waals surface area contributed by atoms with Crippen molar-refractivity contribution < 1.29 is 4.39 Å². The Morgan fingerprint density at radius 2 is 1.70 bits per heavy atom. The SMILES string of the molecule is CCNC(c1ccc(C)c(C)c1)c1ccc(Br)c(F)c1. The first-order valence-corrected chi connectivity index (χ1v) is 7.57. The van der Waals surface area contributed by atoms with Gasteiger partial charge in [-0.25, -0.2) is 4.39 Å². The van der Waals surface area contributed by atoms with E-state index in [1.165, 1.54) is 11.1 Å². The van der Waals surface area contributed by atoms with Crippen molar-refractivity contribution in [2.24, 2.45) is 0 Å². The normalized spacial score (nSPS) is 12.4. The molecule has 2 rings (SSSR count). The Morgan fingerprint density at radius 3 is 2.30 bits per heavy atom. The molecule has 0 spiro atoms. The second-order valence-corrected chi connectivity index (χ2v) is 5.86. The Bertz CT molecular complexity index is 558. The lowest BCUT2D eigenvalue weighted by Gasteiger charge is -2.20. The summed E-state index contributed by atoms with van der Waals surface area (Å²) in [6.07, 6.45) is 0. The zero-order valence-corrected chi connectivity index (χ0v) is 13.6. The quantitative estimate of drug-likeness (QED) is 0.837. The molecule has 0 radical (unpaired) electrons. The predicted molar refractivity (Wildman–Crippen MR) is 85.5 cm³/mol. The molecule has 106 valence electrons. The molecule has 0 aliphatic heterocycles. The van der Waals surface area contributed by atoms with E-state index in [-0.39, 0.29) is 11.9 Å². The van der Waals surface area contributed by atoms with Crippen molar-refractivity contribution in [3.63, 3.8) is 0 Å². The maximum atomic E-state index is 13.8. The Labute approximate surface area is 128 Å². The molecule has 0 amide bonds. The Morgan fingerprint density at radius 1 is 1.05 bits per heavy atom. The van der Waals surface area contributed by atoms with Crippen molar-refractivity contribution in [2.75, 3.05) is 6.54 Å². The highest BCUT2D eigenvalue weighted by molar-refractivity contribution is 9.10. The molecule has 3 heteroatoms. The lowest BCUT2D eigenvalue weighted by Crippen LogP contribution is -2.22. The van der Waals surface area contributed by atoms with Crippen LogP contribution >= 0.6 is 15.9 Å². The van der Waals surface area contributed by atoms with E-state index >= 15 is 0 Å². The van der Waals surface area contributed by atoms with Crippen LogP contribution in [0.4, 0.5) is 4.39 Å².